The third-order valence-corrected chi connectivity index (χ3v) is 3.36. The molecule has 102 valence electrons. The van der Waals surface area contributed by atoms with Crippen LogP contribution in [-0.2, 0) is 13.0 Å². The van der Waals surface area contributed by atoms with Gasteiger partial charge in [-0.2, -0.15) is 0 Å². The molecule has 2 N–H and O–H groups in total. The van der Waals surface area contributed by atoms with Gasteiger partial charge >= 0.3 is 0 Å². The fourth-order valence-corrected chi connectivity index (χ4v) is 1.92. The van der Waals surface area contributed by atoms with Gasteiger partial charge in [0.1, 0.15) is 23.9 Å². The minimum Gasteiger partial charge on any atom is -0.486 e. The molecule has 0 aliphatic heterocycles. The largest absolute Gasteiger partial charge is 0.486 e. The van der Waals surface area contributed by atoms with E-state index >= 15 is 0 Å². The normalized spacial score (nSPS) is 10.7. The molecule has 0 spiro atoms. The molecular weight excluding hydrogens is 285 g/mol. The predicted molar refractivity (Wildman–Crippen MR) is 76.9 cm³/mol. The molecule has 0 aliphatic carbocycles. The lowest BCUT2D eigenvalue weighted by Crippen LogP contribution is -1.99. The number of ether oxygens (including phenoxy) is 1. The fraction of sp³-hybridized carbons (Fsp3) is 0.286. The Bertz CT molecular complexity index is 540. The number of rotatable bonds is 6. The van der Waals surface area contributed by atoms with Gasteiger partial charge < -0.3 is 14.9 Å². The van der Waals surface area contributed by atoms with Crippen LogP contribution in [0.15, 0.2) is 34.7 Å². The molecule has 0 unspecified atom stereocenters. The summed E-state index contributed by atoms with van der Waals surface area (Å²) in [5.41, 5.74) is 5.45. The van der Waals surface area contributed by atoms with E-state index in [1.807, 2.05) is 12.1 Å². The number of hydrogen-bond acceptors (Lipinski definition) is 3. The summed E-state index contributed by atoms with van der Waals surface area (Å²) >= 11 is 11.7. The van der Waals surface area contributed by atoms with Crippen molar-refractivity contribution in [3.8, 4) is 5.75 Å². The van der Waals surface area contributed by atoms with Gasteiger partial charge in [0, 0.05) is 12.5 Å². The molecule has 5 heteroatoms. The fourth-order valence-electron chi connectivity index (χ4n) is 1.63. The van der Waals surface area contributed by atoms with Crippen LogP contribution in [0.1, 0.15) is 17.9 Å². The molecule has 1 aromatic heterocycles. The zero-order valence-electron chi connectivity index (χ0n) is 10.4. The van der Waals surface area contributed by atoms with Crippen molar-refractivity contribution in [3.05, 3.63) is 51.9 Å². The van der Waals surface area contributed by atoms with Crippen molar-refractivity contribution in [2.24, 2.45) is 5.73 Å². The van der Waals surface area contributed by atoms with Crippen molar-refractivity contribution < 1.29 is 9.15 Å². The van der Waals surface area contributed by atoms with Gasteiger partial charge in [-0.25, -0.2) is 0 Å². The second kappa shape index (κ2) is 6.85. The van der Waals surface area contributed by atoms with Gasteiger partial charge in [0.05, 0.1) is 10.0 Å². The van der Waals surface area contributed by atoms with Gasteiger partial charge in [-0.15, -0.1) is 0 Å². The molecule has 19 heavy (non-hydrogen) atoms. The number of furan rings is 1. The van der Waals surface area contributed by atoms with Gasteiger partial charge in [-0.1, -0.05) is 23.2 Å². The van der Waals surface area contributed by atoms with Crippen LogP contribution in [0.25, 0.3) is 0 Å². The Morgan fingerprint density at radius 3 is 2.58 bits per heavy atom. The Morgan fingerprint density at radius 2 is 1.84 bits per heavy atom. The molecule has 0 saturated heterocycles. The van der Waals surface area contributed by atoms with E-state index in [1.54, 1.807) is 18.2 Å². The molecule has 3 nitrogen and oxygen atoms in total. The number of halogens is 2. The first kappa shape index (κ1) is 14.3. The van der Waals surface area contributed by atoms with E-state index in [0.29, 0.717) is 28.9 Å². The Hall–Kier alpha value is -1.16. The van der Waals surface area contributed by atoms with Crippen molar-refractivity contribution in [3.63, 3.8) is 0 Å². The lowest BCUT2D eigenvalue weighted by molar-refractivity contribution is 0.266. The minimum absolute atomic E-state index is 0.362. The van der Waals surface area contributed by atoms with Crippen LogP contribution in [0.2, 0.25) is 10.0 Å². The number of hydrogen-bond donors (Lipinski definition) is 1. The van der Waals surface area contributed by atoms with E-state index in [0.717, 1.165) is 24.4 Å². The van der Waals surface area contributed by atoms with Crippen LogP contribution < -0.4 is 10.5 Å². The monoisotopic (exact) mass is 299 g/mol. The summed E-state index contributed by atoms with van der Waals surface area (Å²) in [5.74, 6) is 2.37. The van der Waals surface area contributed by atoms with E-state index in [4.69, 9.17) is 38.1 Å². The van der Waals surface area contributed by atoms with Crippen molar-refractivity contribution in [1.82, 2.24) is 0 Å². The average molecular weight is 300 g/mol. The first-order valence-corrected chi connectivity index (χ1v) is 6.80. The van der Waals surface area contributed by atoms with Gasteiger partial charge in [-0.3, -0.25) is 0 Å². The van der Waals surface area contributed by atoms with E-state index in [9.17, 15) is 0 Å². The maximum Gasteiger partial charge on any atom is 0.146 e. The van der Waals surface area contributed by atoms with Crippen LogP contribution in [0.5, 0.6) is 5.75 Å². The average Bonchev–Trinajstić information content (AvgIpc) is 2.86. The zero-order valence-corrected chi connectivity index (χ0v) is 11.9. The zero-order chi connectivity index (χ0) is 13.7. The van der Waals surface area contributed by atoms with Gasteiger partial charge in [0.2, 0.25) is 0 Å². The maximum absolute atomic E-state index is 5.91. The van der Waals surface area contributed by atoms with Crippen LogP contribution in [-0.4, -0.2) is 6.54 Å². The smallest absolute Gasteiger partial charge is 0.146 e. The van der Waals surface area contributed by atoms with Crippen molar-refractivity contribution in [1.29, 1.82) is 0 Å². The third-order valence-electron chi connectivity index (χ3n) is 2.62. The van der Waals surface area contributed by atoms with Gasteiger partial charge in [0.25, 0.3) is 0 Å². The van der Waals surface area contributed by atoms with E-state index in [2.05, 4.69) is 0 Å². The second-order valence-electron chi connectivity index (χ2n) is 4.12. The molecule has 0 aliphatic rings. The highest BCUT2D eigenvalue weighted by Gasteiger charge is 2.04. The Morgan fingerprint density at radius 1 is 1.05 bits per heavy atom. The maximum atomic E-state index is 5.91. The molecule has 1 aromatic carbocycles. The lowest BCUT2D eigenvalue weighted by atomic mass is 10.2. The highest BCUT2D eigenvalue weighted by atomic mass is 35.5. The van der Waals surface area contributed by atoms with Crippen molar-refractivity contribution >= 4 is 23.2 Å². The van der Waals surface area contributed by atoms with Crippen molar-refractivity contribution in [2.75, 3.05) is 6.54 Å². The van der Waals surface area contributed by atoms with Crippen LogP contribution in [0.3, 0.4) is 0 Å². The third kappa shape index (κ3) is 4.16. The summed E-state index contributed by atoms with van der Waals surface area (Å²) in [4.78, 5) is 0. The summed E-state index contributed by atoms with van der Waals surface area (Å²) in [6, 6.07) is 9.01. The van der Waals surface area contributed by atoms with Crippen LogP contribution >= 0.6 is 23.2 Å². The van der Waals surface area contributed by atoms with Gasteiger partial charge in [0.15, 0.2) is 0 Å². The lowest BCUT2D eigenvalue weighted by Gasteiger charge is -2.05. The first-order chi connectivity index (χ1) is 9.19. The molecule has 0 bridgehead atoms. The van der Waals surface area contributed by atoms with E-state index in [1.165, 1.54) is 0 Å². The van der Waals surface area contributed by atoms with E-state index in [-0.39, 0.29) is 0 Å². The Labute approximate surface area is 122 Å². The molecule has 0 fully saturated rings. The standard InChI is InChI=1S/C14H15Cl2NO2/c15-13-6-5-11(8-14(13)16)18-9-12-4-3-10(19-12)2-1-7-17/h3-6,8H,1-2,7,9,17H2. The predicted octanol–water partition coefficient (Wildman–Crippen LogP) is 4.06. The second-order valence-corrected chi connectivity index (χ2v) is 4.94. The summed E-state index contributed by atoms with van der Waals surface area (Å²) in [6.45, 7) is 1.02. The highest BCUT2D eigenvalue weighted by molar-refractivity contribution is 6.42. The summed E-state index contributed by atoms with van der Waals surface area (Å²) in [7, 11) is 0. The highest BCUT2D eigenvalue weighted by Crippen LogP contribution is 2.26. The molecule has 2 rings (SSSR count). The molecule has 2 aromatic rings. The topological polar surface area (TPSA) is 48.4 Å². The number of benzene rings is 1. The van der Waals surface area contributed by atoms with Crippen molar-refractivity contribution in [2.45, 2.75) is 19.4 Å². The number of aryl methyl sites for hydroxylation is 1. The SMILES string of the molecule is NCCCc1ccc(COc2ccc(Cl)c(Cl)c2)o1. The Kier molecular flexibility index (Phi) is 5.14. The molecule has 0 atom stereocenters. The molecule has 0 saturated carbocycles. The molecule has 1 heterocycles. The number of nitrogens with two attached hydrogens (primary N) is 1. The minimum atomic E-state index is 0.362. The Balaban J connectivity index is 1.91. The molecule has 0 radical (unpaired) electrons. The molecule has 0 amide bonds. The quantitative estimate of drug-likeness (QED) is 0.875. The summed E-state index contributed by atoms with van der Waals surface area (Å²) < 4.78 is 11.2. The summed E-state index contributed by atoms with van der Waals surface area (Å²) in [6.07, 6.45) is 1.77. The van der Waals surface area contributed by atoms with Crippen LogP contribution in [0.4, 0.5) is 0 Å². The molecular formula is C14H15Cl2NO2. The first-order valence-electron chi connectivity index (χ1n) is 6.04. The van der Waals surface area contributed by atoms with Gasteiger partial charge in [-0.05, 0) is 37.2 Å². The summed E-state index contributed by atoms with van der Waals surface area (Å²) in [5, 5.41) is 0.985. The van der Waals surface area contributed by atoms with E-state index < -0.39 is 0 Å². The van der Waals surface area contributed by atoms with Crippen LogP contribution in [0, 0.1) is 0 Å².